The largest absolute Gasteiger partial charge is 0.320 e. The maximum atomic E-state index is 12.6. The number of hydrogen-bond donors (Lipinski definition) is 1. The first-order valence-electron chi connectivity index (χ1n) is 8.02. The SMILES string of the molecule is O=C(Nc1ccccc1Cn1cccn1)c1ccc2ccccc2n1. The van der Waals surface area contributed by atoms with E-state index in [4.69, 9.17) is 0 Å². The summed E-state index contributed by atoms with van der Waals surface area (Å²) in [7, 11) is 0. The molecule has 122 valence electrons. The molecule has 0 saturated carbocycles. The number of anilines is 1. The van der Waals surface area contributed by atoms with Crippen LogP contribution in [0.4, 0.5) is 5.69 Å². The molecule has 25 heavy (non-hydrogen) atoms. The number of fused-ring (bicyclic) bond motifs is 1. The summed E-state index contributed by atoms with van der Waals surface area (Å²) in [5, 5.41) is 8.19. The van der Waals surface area contributed by atoms with Gasteiger partial charge in [-0.15, -0.1) is 0 Å². The average molecular weight is 328 g/mol. The van der Waals surface area contributed by atoms with Crippen LogP contribution in [0.25, 0.3) is 10.9 Å². The Bertz CT molecular complexity index is 1020. The number of nitrogens with one attached hydrogen (secondary N) is 1. The number of benzene rings is 2. The fourth-order valence-electron chi connectivity index (χ4n) is 2.73. The van der Waals surface area contributed by atoms with Crippen LogP contribution in [0.5, 0.6) is 0 Å². The zero-order valence-corrected chi connectivity index (χ0v) is 13.5. The Hall–Kier alpha value is -3.47. The molecule has 5 nitrogen and oxygen atoms in total. The summed E-state index contributed by atoms with van der Waals surface area (Å²) in [5.41, 5.74) is 2.95. The van der Waals surface area contributed by atoms with E-state index in [9.17, 15) is 4.79 Å². The van der Waals surface area contributed by atoms with E-state index in [1.54, 1.807) is 12.3 Å². The highest BCUT2D eigenvalue weighted by Gasteiger charge is 2.11. The lowest BCUT2D eigenvalue weighted by atomic mass is 10.1. The second kappa shape index (κ2) is 6.57. The van der Waals surface area contributed by atoms with Crippen molar-refractivity contribution in [3.8, 4) is 0 Å². The minimum Gasteiger partial charge on any atom is -0.320 e. The van der Waals surface area contributed by atoms with Gasteiger partial charge in [-0.3, -0.25) is 9.48 Å². The maximum absolute atomic E-state index is 12.6. The lowest BCUT2D eigenvalue weighted by Crippen LogP contribution is -2.15. The van der Waals surface area contributed by atoms with E-state index >= 15 is 0 Å². The van der Waals surface area contributed by atoms with Gasteiger partial charge in [0.1, 0.15) is 5.69 Å². The topological polar surface area (TPSA) is 59.8 Å². The van der Waals surface area contributed by atoms with Crippen molar-refractivity contribution < 1.29 is 4.79 Å². The molecule has 0 unspecified atom stereocenters. The number of nitrogens with zero attached hydrogens (tertiary/aromatic N) is 3. The molecule has 0 bridgehead atoms. The summed E-state index contributed by atoms with van der Waals surface area (Å²) in [5.74, 6) is -0.223. The normalized spacial score (nSPS) is 10.7. The van der Waals surface area contributed by atoms with Crippen molar-refractivity contribution >= 4 is 22.5 Å². The zero-order chi connectivity index (χ0) is 17.1. The second-order valence-corrected chi connectivity index (χ2v) is 5.70. The molecule has 2 aromatic heterocycles. The van der Waals surface area contributed by atoms with Gasteiger partial charge in [0.2, 0.25) is 0 Å². The molecule has 0 fully saturated rings. The van der Waals surface area contributed by atoms with Gasteiger partial charge in [-0.2, -0.15) is 5.10 Å². The van der Waals surface area contributed by atoms with Crippen LogP contribution >= 0.6 is 0 Å². The zero-order valence-electron chi connectivity index (χ0n) is 13.5. The maximum Gasteiger partial charge on any atom is 0.274 e. The molecule has 0 saturated heterocycles. The molecule has 4 aromatic rings. The summed E-state index contributed by atoms with van der Waals surface area (Å²) in [6.45, 7) is 0.592. The van der Waals surface area contributed by atoms with Crippen molar-refractivity contribution in [3.05, 3.63) is 90.4 Å². The highest BCUT2D eigenvalue weighted by molar-refractivity contribution is 6.04. The third-order valence-corrected chi connectivity index (χ3v) is 3.99. The van der Waals surface area contributed by atoms with Crippen LogP contribution in [0.2, 0.25) is 0 Å². The quantitative estimate of drug-likeness (QED) is 0.621. The van der Waals surface area contributed by atoms with Crippen LogP contribution in [-0.4, -0.2) is 20.7 Å². The van der Waals surface area contributed by atoms with Crippen molar-refractivity contribution in [2.45, 2.75) is 6.54 Å². The molecule has 0 aliphatic carbocycles. The lowest BCUT2D eigenvalue weighted by Gasteiger charge is -2.11. The Labute approximate surface area is 144 Å². The fourth-order valence-corrected chi connectivity index (χ4v) is 2.73. The van der Waals surface area contributed by atoms with Gasteiger partial charge in [-0.1, -0.05) is 42.5 Å². The Morgan fingerprint density at radius 3 is 2.68 bits per heavy atom. The molecular formula is C20H16N4O. The van der Waals surface area contributed by atoms with Crippen LogP contribution in [0.15, 0.2) is 79.1 Å². The molecule has 2 aromatic carbocycles. The Balaban J connectivity index is 1.59. The van der Waals surface area contributed by atoms with Crippen LogP contribution in [-0.2, 0) is 6.54 Å². The summed E-state index contributed by atoms with van der Waals surface area (Å²) < 4.78 is 1.82. The van der Waals surface area contributed by atoms with Gasteiger partial charge in [0.25, 0.3) is 5.91 Å². The highest BCUT2D eigenvalue weighted by atomic mass is 16.1. The highest BCUT2D eigenvalue weighted by Crippen LogP contribution is 2.18. The Kier molecular flexibility index (Phi) is 3.96. The number of hydrogen-bond acceptors (Lipinski definition) is 3. The van der Waals surface area contributed by atoms with Crippen molar-refractivity contribution in [1.29, 1.82) is 0 Å². The predicted octanol–water partition coefficient (Wildman–Crippen LogP) is 3.73. The molecule has 4 rings (SSSR count). The first-order chi connectivity index (χ1) is 12.3. The minimum atomic E-state index is -0.223. The fraction of sp³-hybridized carbons (Fsp3) is 0.0500. The molecule has 1 N–H and O–H groups in total. The molecule has 5 heteroatoms. The number of carbonyl (C=O) groups excluding carboxylic acids is 1. The van der Waals surface area contributed by atoms with Crippen LogP contribution < -0.4 is 5.32 Å². The standard InChI is InChI=1S/C20H16N4O/c25-20(19-11-10-15-6-1-3-8-17(15)22-19)23-18-9-4-2-7-16(18)14-24-13-5-12-21-24/h1-13H,14H2,(H,23,25). The van der Waals surface area contributed by atoms with Crippen LogP contribution in [0.1, 0.15) is 16.1 Å². The predicted molar refractivity (Wildman–Crippen MR) is 97.5 cm³/mol. The number of rotatable bonds is 4. The number of amides is 1. The van der Waals surface area contributed by atoms with Gasteiger partial charge in [-0.05, 0) is 29.8 Å². The molecular weight excluding hydrogens is 312 g/mol. The van der Waals surface area contributed by atoms with Gasteiger partial charge < -0.3 is 5.32 Å². The van der Waals surface area contributed by atoms with Crippen molar-refractivity contribution in [3.63, 3.8) is 0 Å². The Morgan fingerprint density at radius 1 is 0.960 bits per heavy atom. The van der Waals surface area contributed by atoms with E-state index in [0.29, 0.717) is 12.2 Å². The molecule has 0 aliphatic heterocycles. The van der Waals surface area contributed by atoms with Crippen molar-refractivity contribution in [1.82, 2.24) is 14.8 Å². The molecule has 0 radical (unpaired) electrons. The summed E-state index contributed by atoms with van der Waals surface area (Å²) in [6.07, 6.45) is 3.63. The van der Waals surface area contributed by atoms with Gasteiger partial charge >= 0.3 is 0 Å². The third kappa shape index (κ3) is 3.26. The summed E-state index contributed by atoms with van der Waals surface area (Å²) in [6, 6.07) is 21.0. The smallest absolute Gasteiger partial charge is 0.274 e. The first-order valence-corrected chi connectivity index (χ1v) is 8.02. The first kappa shape index (κ1) is 15.1. The van der Waals surface area contributed by atoms with E-state index < -0.39 is 0 Å². The molecule has 1 amide bonds. The van der Waals surface area contributed by atoms with Gasteiger partial charge in [-0.25, -0.2) is 4.98 Å². The number of para-hydroxylation sites is 2. The van der Waals surface area contributed by atoms with E-state index in [1.807, 2.05) is 71.5 Å². The van der Waals surface area contributed by atoms with Crippen molar-refractivity contribution in [2.24, 2.45) is 0 Å². The lowest BCUT2D eigenvalue weighted by molar-refractivity contribution is 0.102. The van der Waals surface area contributed by atoms with E-state index in [1.165, 1.54) is 0 Å². The summed E-state index contributed by atoms with van der Waals surface area (Å²) >= 11 is 0. The van der Waals surface area contributed by atoms with E-state index in [2.05, 4.69) is 15.4 Å². The Morgan fingerprint density at radius 2 is 1.80 bits per heavy atom. The second-order valence-electron chi connectivity index (χ2n) is 5.70. The minimum absolute atomic E-state index is 0.223. The molecule has 0 aliphatic rings. The molecule has 0 atom stereocenters. The number of carbonyl (C=O) groups is 1. The average Bonchev–Trinajstić information content (AvgIpc) is 3.16. The van der Waals surface area contributed by atoms with E-state index in [0.717, 1.165) is 22.2 Å². The van der Waals surface area contributed by atoms with E-state index in [-0.39, 0.29) is 5.91 Å². The van der Waals surface area contributed by atoms with Gasteiger partial charge in [0.05, 0.1) is 12.1 Å². The number of pyridine rings is 1. The molecule has 2 heterocycles. The van der Waals surface area contributed by atoms with Crippen LogP contribution in [0.3, 0.4) is 0 Å². The monoisotopic (exact) mass is 328 g/mol. The number of aromatic nitrogens is 3. The van der Waals surface area contributed by atoms with Crippen molar-refractivity contribution in [2.75, 3.05) is 5.32 Å². The third-order valence-electron chi connectivity index (χ3n) is 3.99. The van der Waals surface area contributed by atoms with Gasteiger partial charge in [0.15, 0.2) is 0 Å². The summed E-state index contributed by atoms with van der Waals surface area (Å²) in [4.78, 5) is 17.1. The van der Waals surface area contributed by atoms with Gasteiger partial charge in [0, 0.05) is 23.5 Å². The van der Waals surface area contributed by atoms with Crippen LogP contribution in [0, 0.1) is 0 Å². The molecule has 0 spiro atoms.